The number of anilines is 1. The maximum absolute atomic E-state index is 14.1. The summed E-state index contributed by atoms with van der Waals surface area (Å²) in [5.74, 6) is 0.0633. The molecule has 1 heterocycles. The number of halogens is 4. The predicted molar refractivity (Wildman–Crippen MR) is 131 cm³/mol. The lowest BCUT2D eigenvalue weighted by Crippen LogP contribution is -2.14. The number of nitrogens with zero attached hydrogens (tertiary/aromatic N) is 2. The van der Waals surface area contributed by atoms with Crippen molar-refractivity contribution < 1.29 is 13.9 Å². The number of carbonyl (C=O) groups excluding carboxylic acids is 1. The number of nitrogens with one attached hydrogen (secondary N) is 1. The summed E-state index contributed by atoms with van der Waals surface area (Å²) in [6.07, 6.45) is 1.50. The zero-order chi connectivity index (χ0) is 23.4. The van der Waals surface area contributed by atoms with Crippen molar-refractivity contribution in [2.24, 2.45) is 0 Å². The van der Waals surface area contributed by atoms with Gasteiger partial charge in [0, 0.05) is 26.8 Å². The summed E-state index contributed by atoms with van der Waals surface area (Å²) < 4.78 is 22.2. The van der Waals surface area contributed by atoms with Crippen molar-refractivity contribution in [2.45, 2.75) is 13.2 Å². The van der Waals surface area contributed by atoms with Crippen LogP contribution in [0.3, 0.4) is 0 Å². The number of hydrogen-bond acceptors (Lipinski definition) is 3. The SMILES string of the molecule is O=C(Nc1nn(Cc2c(F)cccc2Cl)cc1Cl)c1cccc(COc2cccc(Br)c2)c1. The monoisotopic (exact) mass is 547 g/mol. The Bertz CT molecular complexity index is 1290. The predicted octanol–water partition coefficient (Wildman–Crippen LogP) is 6.97. The average molecular weight is 549 g/mol. The van der Waals surface area contributed by atoms with Crippen LogP contribution in [-0.4, -0.2) is 15.7 Å². The quantitative estimate of drug-likeness (QED) is 0.271. The minimum Gasteiger partial charge on any atom is -0.489 e. The number of benzene rings is 3. The van der Waals surface area contributed by atoms with E-state index in [1.54, 1.807) is 24.3 Å². The van der Waals surface area contributed by atoms with Crippen molar-refractivity contribution in [3.05, 3.63) is 110 Å². The Morgan fingerprint density at radius 3 is 2.64 bits per heavy atom. The molecular weight excluding hydrogens is 532 g/mol. The van der Waals surface area contributed by atoms with Gasteiger partial charge in [-0.05, 0) is 48.0 Å². The lowest BCUT2D eigenvalue weighted by Gasteiger charge is -2.08. The molecule has 168 valence electrons. The van der Waals surface area contributed by atoms with E-state index in [4.69, 9.17) is 27.9 Å². The molecule has 3 aromatic carbocycles. The number of rotatable bonds is 7. The molecule has 4 rings (SSSR count). The number of aromatic nitrogens is 2. The van der Waals surface area contributed by atoms with Crippen molar-refractivity contribution in [1.29, 1.82) is 0 Å². The minimum atomic E-state index is -0.443. The van der Waals surface area contributed by atoms with Gasteiger partial charge in [-0.2, -0.15) is 5.10 Å². The van der Waals surface area contributed by atoms with Gasteiger partial charge in [-0.25, -0.2) is 4.39 Å². The molecule has 0 spiro atoms. The van der Waals surface area contributed by atoms with Gasteiger partial charge >= 0.3 is 0 Å². The van der Waals surface area contributed by atoms with Gasteiger partial charge in [-0.1, -0.05) is 63.4 Å². The van der Waals surface area contributed by atoms with Crippen LogP contribution < -0.4 is 10.1 Å². The molecule has 0 aliphatic heterocycles. The highest BCUT2D eigenvalue weighted by Crippen LogP contribution is 2.24. The Labute approximate surface area is 208 Å². The lowest BCUT2D eigenvalue weighted by molar-refractivity contribution is 0.102. The smallest absolute Gasteiger partial charge is 0.256 e. The second-order valence-corrected chi connectivity index (χ2v) is 8.85. The van der Waals surface area contributed by atoms with Gasteiger partial charge in [-0.3, -0.25) is 9.48 Å². The fourth-order valence-corrected chi connectivity index (χ4v) is 3.91. The summed E-state index contributed by atoms with van der Waals surface area (Å²) in [6.45, 7) is 0.375. The Kier molecular flexibility index (Phi) is 7.33. The first-order valence-electron chi connectivity index (χ1n) is 9.83. The summed E-state index contributed by atoms with van der Waals surface area (Å²) >= 11 is 15.7. The molecule has 0 unspecified atom stereocenters. The normalized spacial score (nSPS) is 10.8. The van der Waals surface area contributed by atoms with Gasteiger partial charge in [0.1, 0.15) is 23.2 Å². The first-order chi connectivity index (χ1) is 15.9. The van der Waals surface area contributed by atoms with Crippen LogP contribution >= 0.6 is 39.1 Å². The molecule has 0 radical (unpaired) electrons. The van der Waals surface area contributed by atoms with Crippen molar-refractivity contribution in [3.63, 3.8) is 0 Å². The molecule has 0 aliphatic rings. The van der Waals surface area contributed by atoms with Crippen LogP contribution in [-0.2, 0) is 13.2 Å². The van der Waals surface area contributed by atoms with E-state index >= 15 is 0 Å². The first kappa shape index (κ1) is 23.3. The highest BCUT2D eigenvalue weighted by Gasteiger charge is 2.15. The first-order valence-corrected chi connectivity index (χ1v) is 11.4. The Hall–Kier alpha value is -2.87. The fraction of sp³-hybridized carbons (Fsp3) is 0.0833. The molecule has 1 amide bonds. The van der Waals surface area contributed by atoms with Crippen molar-refractivity contribution in [1.82, 2.24) is 9.78 Å². The summed E-state index contributed by atoms with van der Waals surface area (Å²) in [6, 6.07) is 19.0. The third kappa shape index (κ3) is 5.93. The summed E-state index contributed by atoms with van der Waals surface area (Å²) in [5.41, 5.74) is 1.54. The Morgan fingerprint density at radius 1 is 1.06 bits per heavy atom. The molecule has 0 bridgehead atoms. The van der Waals surface area contributed by atoms with Crippen molar-refractivity contribution >= 4 is 50.9 Å². The second-order valence-electron chi connectivity index (χ2n) is 7.12. The Morgan fingerprint density at radius 2 is 1.85 bits per heavy atom. The molecule has 4 aromatic rings. The van der Waals surface area contributed by atoms with Crippen LogP contribution in [0.2, 0.25) is 10.0 Å². The highest BCUT2D eigenvalue weighted by atomic mass is 79.9. The molecule has 0 atom stereocenters. The molecule has 0 saturated heterocycles. The van der Waals surface area contributed by atoms with E-state index in [1.165, 1.54) is 23.0 Å². The zero-order valence-electron chi connectivity index (χ0n) is 17.1. The van der Waals surface area contributed by atoms with Crippen LogP contribution in [0, 0.1) is 5.82 Å². The Balaban J connectivity index is 1.43. The van der Waals surface area contributed by atoms with Crippen LogP contribution in [0.4, 0.5) is 10.2 Å². The number of amides is 1. The molecule has 1 aromatic heterocycles. The van der Waals surface area contributed by atoms with Gasteiger partial charge in [0.25, 0.3) is 5.91 Å². The van der Waals surface area contributed by atoms with Crippen molar-refractivity contribution in [3.8, 4) is 5.75 Å². The largest absolute Gasteiger partial charge is 0.489 e. The van der Waals surface area contributed by atoms with Gasteiger partial charge < -0.3 is 10.1 Å². The van der Waals surface area contributed by atoms with Gasteiger partial charge in [0.15, 0.2) is 5.82 Å². The molecular formula is C24H17BrCl2FN3O2. The van der Waals surface area contributed by atoms with E-state index < -0.39 is 5.82 Å². The van der Waals surface area contributed by atoms with E-state index in [-0.39, 0.29) is 33.9 Å². The van der Waals surface area contributed by atoms with Crippen LogP contribution in [0.1, 0.15) is 21.5 Å². The van der Waals surface area contributed by atoms with Crippen LogP contribution in [0.15, 0.2) is 77.4 Å². The average Bonchev–Trinajstić information content (AvgIpc) is 3.14. The van der Waals surface area contributed by atoms with Gasteiger partial charge in [0.2, 0.25) is 0 Å². The topological polar surface area (TPSA) is 56.2 Å². The number of ether oxygens (including phenoxy) is 1. The highest BCUT2D eigenvalue weighted by molar-refractivity contribution is 9.10. The molecule has 9 heteroatoms. The van der Waals surface area contributed by atoms with E-state index in [0.717, 1.165) is 10.0 Å². The van der Waals surface area contributed by atoms with E-state index in [2.05, 4.69) is 26.3 Å². The molecule has 1 N–H and O–H groups in total. The number of carbonyl (C=O) groups is 1. The van der Waals surface area contributed by atoms with E-state index in [0.29, 0.717) is 17.9 Å². The number of hydrogen-bond donors (Lipinski definition) is 1. The maximum Gasteiger partial charge on any atom is 0.256 e. The molecule has 0 aliphatic carbocycles. The lowest BCUT2D eigenvalue weighted by atomic mass is 10.1. The minimum absolute atomic E-state index is 0.0729. The maximum atomic E-state index is 14.1. The third-order valence-electron chi connectivity index (χ3n) is 4.72. The molecule has 5 nitrogen and oxygen atoms in total. The summed E-state index contributed by atoms with van der Waals surface area (Å²) in [5, 5.41) is 7.46. The third-order valence-corrected chi connectivity index (χ3v) is 5.85. The summed E-state index contributed by atoms with van der Waals surface area (Å²) in [7, 11) is 0. The van der Waals surface area contributed by atoms with Crippen molar-refractivity contribution in [2.75, 3.05) is 5.32 Å². The van der Waals surface area contributed by atoms with E-state index in [9.17, 15) is 9.18 Å². The molecule has 0 fully saturated rings. The van der Waals surface area contributed by atoms with Crippen LogP contribution in [0.5, 0.6) is 5.75 Å². The second kappa shape index (κ2) is 10.4. The standard InChI is InChI=1S/C24H17BrCl2FN3O2/c25-17-6-2-7-18(11-17)33-14-15-4-1-5-16(10-15)24(32)29-23-21(27)13-31(30-23)12-19-20(26)8-3-9-22(19)28/h1-11,13H,12,14H2,(H,29,30,32). The molecule has 33 heavy (non-hydrogen) atoms. The van der Waals surface area contributed by atoms with Gasteiger partial charge in [0.05, 0.1) is 6.54 Å². The van der Waals surface area contributed by atoms with Gasteiger partial charge in [-0.15, -0.1) is 0 Å². The van der Waals surface area contributed by atoms with E-state index in [1.807, 2.05) is 30.3 Å². The fourth-order valence-electron chi connectivity index (χ4n) is 3.11. The summed E-state index contributed by atoms with van der Waals surface area (Å²) in [4.78, 5) is 12.8. The molecule has 0 saturated carbocycles. The van der Waals surface area contributed by atoms with Crippen LogP contribution in [0.25, 0.3) is 0 Å². The zero-order valence-corrected chi connectivity index (χ0v) is 20.2.